The lowest BCUT2D eigenvalue weighted by Crippen LogP contribution is -2.55. The molecule has 28 heavy (non-hydrogen) atoms. The Morgan fingerprint density at radius 3 is 1.18 bits per heavy atom. The minimum atomic E-state index is 0.885. The van der Waals surface area contributed by atoms with Crippen LogP contribution in [0.4, 0.5) is 17.1 Å². The van der Waals surface area contributed by atoms with Crippen LogP contribution >= 0.6 is 0 Å². The molecule has 3 aromatic rings. The van der Waals surface area contributed by atoms with Gasteiger partial charge in [-0.25, -0.2) is 0 Å². The fraction of sp³-hybridized carbons (Fsp3) is 0.280. The third kappa shape index (κ3) is 3.99. The SMILES string of the molecule is CCc1ccc(N2CN(c3ccc(C)cc3)CN(c3ccc(C)cc3)C2)cc1. The summed E-state index contributed by atoms with van der Waals surface area (Å²) in [5.74, 6) is 0. The van der Waals surface area contributed by atoms with Gasteiger partial charge in [-0.2, -0.15) is 0 Å². The Morgan fingerprint density at radius 1 is 0.536 bits per heavy atom. The smallest absolute Gasteiger partial charge is 0.0937 e. The highest BCUT2D eigenvalue weighted by Gasteiger charge is 2.24. The van der Waals surface area contributed by atoms with E-state index < -0.39 is 0 Å². The Bertz CT molecular complexity index is 845. The molecule has 1 fully saturated rings. The van der Waals surface area contributed by atoms with E-state index in [1.165, 1.54) is 33.8 Å². The van der Waals surface area contributed by atoms with E-state index in [1.54, 1.807) is 0 Å². The standard InChI is InChI=1S/C25H29N3/c1-4-22-9-15-25(16-10-22)28-18-26(23-11-5-20(2)6-12-23)17-27(19-28)24-13-7-21(3)8-14-24/h5-16H,4,17-19H2,1-3H3. The van der Waals surface area contributed by atoms with Gasteiger partial charge in [0.15, 0.2) is 0 Å². The average Bonchev–Trinajstić information content (AvgIpc) is 2.74. The second-order valence-electron chi connectivity index (χ2n) is 7.73. The minimum Gasteiger partial charge on any atom is -0.336 e. The van der Waals surface area contributed by atoms with Crippen LogP contribution in [0.15, 0.2) is 72.8 Å². The molecule has 1 heterocycles. The van der Waals surface area contributed by atoms with E-state index in [0.29, 0.717) is 0 Å². The van der Waals surface area contributed by atoms with Crippen LogP contribution in [0.5, 0.6) is 0 Å². The molecule has 0 N–H and O–H groups in total. The number of anilines is 3. The predicted molar refractivity (Wildman–Crippen MR) is 120 cm³/mol. The van der Waals surface area contributed by atoms with Crippen molar-refractivity contribution in [2.45, 2.75) is 27.2 Å². The predicted octanol–water partition coefficient (Wildman–Crippen LogP) is 5.57. The molecule has 0 amide bonds. The third-order valence-corrected chi connectivity index (χ3v) is 5.53. The molecule has 0 aliphatic carbocycles. The average molecular weight is 372 g/mol. The monoisotopic (exact) mass is 371 g/mol. The van der Waals surface area contributed by atoms with Gasteiger partial charge in [0.2, 0.25) is 0 Å². The third-order valence-electron chi connectivity index (χ3n) is 5.53. The molecule has 0 aromatic heterocycles. The fourth-order valence-corrected chi connectivity index (χ4v) is 3.70. The first-order valence-corrected chi connectivity index (χ1v) is 10.1. The highest BCUT2D eigenvalue weighted by Crippen LogP contribution is 2.27. The zero-order valence-electron chi connectivity index (χ0n) is 17.1. The van der Waals surface area contributed by atoms with Crippen molar-refractivity contribution >= 4 is 17.1 Å². The number of hydrogen-bond donors (Lipinski definition) is 0. The molecule has 0 radical (unpaired) electrons. The largest absolute Gasteiger partial charge is 0.336 e. The lowest BCUT2D eigenvalue weighted by molar-refractivity contribution is 0.611. The lowest BCUT2D eigenvalue weighted by atomic mass is 10.1. The van der Waals surface area contributed by atoms with Gasteiger partial charge < -0.3 is 14.7 Å². The molecule has 3 aromatic carbocycles. The van der Waals surface area contributed by atoms with E-state index in [4.69, 9.17) is 0 Å². The quantitative estimate of drug-likeness (QED) is 0.593. The van der Waals surface area contributed by atoms with Gasteiger partial charge in [0.05, 0.1) is 20.0 Å². The molecule has 144 valence electrons. The van der Waals surface area contributed by atoms with Gasteiger partial charge >= 0.3 is 0 Å². The molecular weight excluding hydrogens is 342 g/mol. The summed E-state index contributed by atoms with van der Waals surface area (Å²) in [6, 6.07) is 26.7. The highest BCUT2D eigenvalue weighted by molar-refractivity contribution is 5.59. The zero-order chi connectivity index (χ0) is 19.5. The van der Waals surface area contributed by atoms with Gasteiger partial charge in [-0.3, -0.25) is 0 Å². The van der Waals surface area contributed by atoms with Gasteiger partial charge in [0.1, 0.15) is 0 Å². The van der Waals surface area contributed by atoms with Crippen molar-refractivity contribution in [3.8, 4) is 0 Å². The van der Waals surface area contributed by atoms with Gasteiger partial charge in [0, 0.05) is 17.1 Å². The number of aryl methyl sites for hydroxylation is 3. The molecule has 0 unspecified atom stereocenters. The van der Waals surface area contributed by atoms with Crippen molar-refractivity contribution in [3.63, 3.8) is 0 Å². The summed E-state index contributed by atoms with van der Waals surface area (Å²) in [7, 11) is 0. The van der Waals surface area contributed by atoms with Crippen molar-refractivity contribution in [3.05, 3.63) is 89.5 Å². The first-order valence-electron chi connectivity index (χ1n) is 10.1. The van der Waals surface area contributed by atoms with E-state index in [9.17, 15) is 0 Å². The Labute approximate surface area is 168 Å². The normalized spacial score (nSPS) is 14.5. The van der Waals surface area contributed by atoms with Crippen molar-refractivity contribution in [1.29, 1.82) is 0 Å². The topological polar surface area (TPSA) is 9.72 Å². The molecule has 4 rings (SSSR count). The van der Waals surface area contributed by atoms with Crippen molar-refractivity contribution < 1.29 is 0 Å². The first kappa shape index (κ1) is 18.4. The van der Waals surface area contributed by atoms with Crippen LogP contribution in [0.2, 0.25) is 0 Å². The molecule has 1 aliphatic rings. The lowest BCUT2D eigenvalue weighted by Gasteiger charge is -2.45. The van der Waals surface area contributed by atoms with Crippen LogP contribution in [0.1, 0.15) is 23.6 Å². The van der Waals surface area contributed by atoms with Crippen LogP contribution < -0.4 is 14.7 Å². The molecule has 3 heteroatoms. The van der Waals surface area contributed by atoms with Crippen LogP contribution in [-0.4, -0.2) is 20.0 Å². The Kier molecular flexibility index (Phi) is 5.25. The molecule has 0 atom stereocenters. The Hall–Kier alpha value is -2.94. The second kappa shape index (κ2) is 7.97. The summed E-state index contributed by atoms with van der Waals surface area (Å²) in [4.78, 5) is 7.33. The van der Waals surface area contributed by atoms with E-state index in [1.807, 2.05) is 0 Å². The Morgan fingerprint density at radius 2 is 0.857 bits per heavy atom. The molecule has 1 aliphatic heterocycles. The fourth-order valence-electron chi connectivity index (χ4n) is 3.70. The number of nitrogens with zero attached hydrogens (tertiary/aromatic N) is 3. The van der Waals surface area contributed by atoms with Gasteiger partial charge in [0.25, 0.3) is 0 Å². The maximum absolute atomic E-state index is 2.45. The second-order valence-corrected chi connectivity index (χ2v) is 7.73. The van der Waals surface area contributed by atoms with Gasteiger partial charge in [-0.1, -0.05) is 54.4 Å². The molecule has 1 saturated heterocycles. The summed E-state index contributed by atoms with van der Waals surface area (Å²) < 4.78 is 0. The first-order chi connectivity index (χ1) is 13.6. The maximum Gasteiger partial charge on any atom is 0.0937 e. The number of hydrogen-bond acceptors (Lipinski definition) is 3. The van der Waals surface area contributed by atoms with E-state index in [-0.39, 0.29) is 0 Å². The molecular formula is C25H29N3. The van der Waals surface area contributed by atoms with E-state index in [0.717, 1.165) is 26.4 Å². The number of benzene rings is 3. The van der Waals surface area contributed by atoms with E-state index in [2.05, 4.69) is 108 Å². The van der Waals surface area contributed by atoms with Crippen molar-refractivity contribution in [1.82, 2.24) is 0 Å². The molecule has 0 saturated carbocycles. The van der Waals surface area contributed by atoms with Crippen LogP contribution in [0.25, 0.3) is 0 Å². The van der Waals surface area contributed by atoms with Gasteiger partial charge in [-0.15, -0.1) is 0 Å². The highest BCUT2D eigenvalue weighted by atomic mass is 15.5. The van der Waals surface area contributed by atoms with Crippen LogP contribution in [-0.2, 0) is 6.42 Å². The van der Waals surface area contributed by atoms with E-state index >= 15 is 0 Å². The summed E-state index contributed by atoms with van der Waals surface area (Å²) >= 11 is 0. The zero-order valence-corrected chi connectivity index (χ0v) is 17.1. The minimum absolute atomic E-state index is 0.885. The number of rotatable bonds is 4. The summed E-state index contributed by atoms with van der Waals surface area (Å²) in [5.41, 5.74) is 7.76. The molecule has 0 bridgehead atoms. The summed E-state index contributed by atoms with van der Waals surface area (Å²) in [6.45, 7) is 9.14. The summed E-state index contributed by atoms with van der Waals surface area (Å²) in [5, 5.41) is 0. The van der Waals surface area contributed by atoms with Crippen LogP contribution in [0, 0.1) is 13.8 Å². The van der Waals surface area contributed by atoms with Crippen molar-refractivity contribution in [2.24, 2.45) is 0 Å². The molecule has 0 spiro atoms. The maximum atomic E-state index is 2.45. The van der Waals surface area contributed by atoms with Crippen molar-refractivity contribution in [2.75, 3.05) is 34.7 Å². The Balaban J connectivity index is 1.65. The molecule has 3 nitrogen and oxygen atoms in total. The van der Waals surface area contributed by atoms with Gasteiger partial charge in [-0.05, 0) is 62.2 Å². The summed E-state index contributed by atoms with van der Waals surface area (Å²) in [6.07, 6.45) is 1.07. The van der Waals surface area contributed by atoms with Crippen LogP contribution in [0.3, 0.4) is 0 Å².